The quantitative estimate of drug-likeness (QED) is 0.808. The summed E-state index contributed by atoms with van der Waals surface area (Å²) in [5.74, 6) is 2.46. The maximum atomic E-state index is 5.47. The first-order chi connectivity index (χ1) is 9.22. The van der Waals surface area contributed by atoms with Crippen LogP contribution in [0.3, 0.4) is 0 Å². The molecular formula is C17H22O2. The minimum absolute atomic E-state index is 0.593. The first-order valence-electron chi connectivity index (χ1n) is 6.49. The first kappa shape index (κ1) is 15.1. The van der Waals surface area contributed by atoms with Crippen molar-refractivity contribution in [3.8, 4) is 11.5 Å². The van der Waals surface area contributed by atoms with E-state index in [0.29, 0.717) is 5.92 Å². The minimum Gasteiger partial charge on any atom is -0.497 e. The van der Waals surface area contributed by atoms with Gasteiger partial charge in [-0.25, -0.2) is 0 Å². The van der Waals surface area contributed by atoms with Gasteiger partial charge in [0.05, 0.1) is 13.7 Å². The van der Waals surface area contributed by atoms with Gasteiger partial charge in [0.2, 0.25) is 0 Å². The van der Waals surface area contributed by atoms with Crippen LogP contribution in [0.15, 0.2) is 60.7 Å². The predicted molar refractivity (Wildman–Crippen MR) is 79.8 cm³/mol. The summed E-state index contributed by atoms with van der Waals surface area (Å²) in [6.45, 7) is 5.08. The van der Waals surface area contributed by atoms with Crippen LogP contribution >= 0.6 is 0 Å². The molecule has 0 N–H and O–H groups in total. The van der Waals surface area contributed by atoms with Crippen LogP contribution in [0.5, 0.6) is 11.5 Å². The molecule has 2 aromatic carbocycles. The van der Waals surface area contributed by atoms with Crippen LogP contribution in [0.25, 0.3) is 0 Å². The second-order valence-electron chi connectivity index (χ2n) is 4.54. The molecule has 0 fully saturated rings. The van der Waals surface area contributed by atoms with Crippen molar-refractivity contribution in [3.63, 3.8) is 0 Å². The van der Waals surface area contributed by atoms with Gasteiger partial charge in [-0.15, -0.1) is 0 Å². The van der Waals surface area contributed by atoms with Gasteiger partial charge in [0.1, 0.15) is 11.5 Å². The molecular weight excluding hydrogens is 236 g/mol. The highest BCUT2D eigenvalue weighted by Gasteiger charge is 1.94. The highest BCUT2D eigenvalue weighted by Crippen LogP contribution is 2.09. The maximum absolute atomic E-state index is 5.47. The van der Waals surface area contributed by atoms with Gasteiger partial charge in [0, 0.05) is 0 Å². The van der Waals surface area contributed by atoms with Gasteiger partial charge in [0.15, 0.2) is 0 Å². The summed E-state index contributed by atoms with van der Waals surface area (Å²) in [5, 5.41) is 0. The van der Waals surface area contributed by atoms with Crippen LogP contribution < -0.4 is 9.47 Å². The number of rotatable bonds is 4. The van der Waals surface area contributed by atoms with E-state index in [1.165, 1.54) is 0 Å². The number of methoxy groups -OCH3 is 1. The van der Waals surface area contributed by atoms with E-state index in [9.17, 15) is 0 Å². The summed E-state index contributed by atoms with van der Waals surface area (Å²) in [6.07, 6.45) is 0. The van der Waals surface area contributed by atoms with Crippen LogP contribution in [0.2, 0.25) is 0 Å². The Labute approximate surface area is 116 Å². The van der Waals surface area contributed by atoms with E-state index in [-0.39, 0.29) is 0 Å². The average molecular weight is 258 g/mol. The van der Waals surface area contributed by atoms with E-state index in [1.54, 1.807) is 7.11 Å². The molecule has 0 heterocycles. The molecule has 0 atom stereocenters. The fourth-order valence-electron chi connectivity index (χ4n) is 1.34. The number of ether oxygens (including phenoxy) is 2. The Morgan fingerprint density at radius 1 is 0.789 bits per heavy atom. The van der Waals surface area contributed by atoms with Crippen molar-refractivity contribution in [2.24, 2.45) is 5.92 Å². The van der Waals surface area contributed by atoms with Crippen LogP contribution in [0.1, 0.15) is 13.8 Å². The minimum atomic E-state index is 0.593. The van der Waals surface area contributed by atoms with Crippen molar-refractivity contribution < 1.29 is 9.47 Å². The van der Waals surface area contributed by atoms with Gasteiger partial charge in [-0.05, 0) is 30.2 Å². The molecule has 0 aliphatic heterocycles. The Bertz CT molecular complexity index is 424. The lowest BCUT2D eigenvalue weighted by molar-refractivity contribution is 0.271. The molecule has 0 aliphatic rings. The largest absolute Gasteiger partial charge is 0.497 e. The molecule has 2 rings (SSSR count). The van der Waals surface area contributed by atoms with Crippen LogP contribution in [-0.2, 0) is 0 Å². The lowest BCUT2D eigenvalue weighted by Gasteiger charge is -2.07. The Morgan fingerprint density at radius 3 is 1.63 bits per heavy atom. The smallest absolute Gasteiger partial charge is 0.119 e. The Balaban J connectivity index is 0.000000200. The third kappa shape index (κ3) is 7.14. The number of para-hydroxylation sites is 2. The van der Waals surface area contributed by atoms with E-state index in [4.69, 9.17) is 9.47 Å². The second-order valence-corrected chi connectivity index (χ2v) is 4.54. The highest BCUT2D eigenvalue weighted by molar-refractivity contribution is 5.21. The summed E-state index contributed by atoms with van der Waals surface area (Å²) >= 11 is 0. The molecule has 2 heteroatoms. The average Bonchev–Trinajstić information content (AvgIpc) is 2.48. The first-order valence-corrected chi connectivity index (χ1v) is 6.49. The fourth-order valence-corrected chi connectivity index (χ4v) is 1.34. The molecule has 19 heavy (non-hydrogen) atoms. The zero-order valence-electron chi connectivity index (χ0n) is 11.9. The van der Waals surface area contributed by atoms with Crippen molar-refractivity contribution in [3.05, 3.63) is 60.7 Å². The van der Waals surface area contributed by atoms with Crippen molar-refractivity contribution in [2.45, 2.75) is 13.8 Å². The summed E-state index contributed by atoms with van der Waals surface area (Å²) in [6, 6.07) is 19.6. The van der Waals surface area contributed by atoms with E-state index >= 15 is 0 Å². The Hall–Kier alpha value is -1.96. The number of benzene rings is 2. The SMILES string of the molecule is CC(C)COc1ccccc1.COc1ccccc1. The molecule has 0 saturated heterocycles. The van der Waals surface area contributed by atoms with Gasteiger partial charge >= 0.3 is 0 Å². The Kier molecular flexibility index (Phi) is 7.18. The molecule has 0 amide bonds. The molecule has 0 radical (unpaired) electrons. The Morgan fingerprint density at radius 2 is 1.26 bits per heavy atom. The van der Waals surface area contributed by atoms with Crippen LogP contribution in [-0.4, -0.2) is 13.7 Å². The maximum Gasteiger partial charge on any atom is 0.119 e. The highest BCUT2D eigenvalue weighted by atomic mass is 16.5. The van der Waals surface area contributed by atoms with Gasteiger partial charge in [-0.1, -0.05) is 50.2 Å². The van der Waals surface area contributed by atoms with Gasteiger partial charge in [-0.3, -0.25) is 0 Å². The van der Waals surface area contributed by atoms with Crippen molar-refractivity contribution in [1.29, 1.82) is 0 Å². The molecule has 0 aromatic heterocycles. The molecule has 0 bridgehead atoms. The van der Waals surface area contributed by atoms with Crippen LogP contribution in [0.4, 0.5) is 0 Å². The van der Waals surface area contributed by atoms with E-state index in [0.717, 1.165) is 18.1 Å². The lowest BCUT2D eigenvalue weighted by Crippen LogP contribution is -2.03. The van der Waals surface area contributed by atoms with Crippen molar-refractivity contribution in [1.82, 2.24) is 0 Å². The van der Waals surface area contributed by atoms with Gasteiger partial charge in [0.25, 0.3) is 0 Å². The molecule has 0 saturated carbocycles. The summed E-state index contributed by atoms with van der Waals surface area (Å²) in [7, 11) is 1.66. The number of hydrogen-bond acceptors (Lipinski definition) is 2. The van der Waals surface area contributed by atoms with E-state index < -0.39 is 0 Å². The van der Waals surface area contributed by atoms with Crippen molar-refractivity contribution in [2.75, 3.05) is 13.7 Å². The normalized spacial score (nSPS) is 9.47. The molecule has 0 aliphatic carbocycles. The third-order valence-electron chi connectivity index (χ3n) is 2.31. The topological polar surface area (TPSA) is 18.5 Å². The molecule has 2 aromatic rings. The summed E-state index contributed by atoms with van der Waals surface area (Å²) in [4.78, 5) is 0. The zero-order chi connectivity index (χ0) is 13.9. The molecule has 0 spiro atoms. The standard InChI is InChI=1S/C10H14O.C7H8O/c1-9(2)8-11-10-6-4-3-5-7-10;1-8-7-5-3-2-4-6-7/h3-7,9H,8H2,1-2H3;2-6H,1H3. The van der Waals surface area contributed by atoms with Crippen LogP contribution in [0, 0.1) is 5.92 Å². The lowest BCUT2D eigenvalue weighted by atomic mass is 10.2. The molecule has 102 valence electrons. The monoisotopic (exact) mass is 258 g/mol. The van der Waals surface area contributed by atoms with Crippen molar-refractivity contribution >= 4 is 0 Å². The molecule has 0 unspecified atom stereocenters. The van der Waals surface area contributed by atoms with E-state index in [1.807, 2.05) is 60.7 Å². The third-order valence-corrected chi connectivity index (χ3v) is 2.31. The van der Waals surface area contributed by atoms with Gasteiger partial charge < -0.3 is 9.47 Å². The summed E-state index contributed by atoms with van der Waals surface area (Å²) in [5.41, 5.74) is 0. The van der Waals surface area contributed by atoms with Gasteiger partial charge in [-0.2, -0.15) is 0 Å². The fraction of sp³-hybridized carbons (Fsp3) is 0.294. The van der Waals surface area contributed by atoms with E-state index in [2.05, 4.69) is 13.8 Å². The molecule has 2 nitrogen and oxygen atoms in total. The summed E-state index contributed by atoms with van der Waals surface area (Å²) < 4.78 is 10.4. The zero-order valence-corrected chi connectivity index (χ0v) is 11.9. The predicted octanol–water partition coefficient (Wildman–Crippen LogP) is 4.42. The second kappa shape index (κ2) is 9.03. The number of hydrogen-bond donors (Lipinski definition) is 0.